The van der Waals surface area contributed by atoms with Crippen molar-refractivity contribution in [3.63, 3.8) is 0 Å². The minimum absolute atomic E-state index is 0.0992. The number of carboxylic acids is 1. The van der Waals surface area contributed by atoms with Crippen molar-refractivity contribution in [2.24, 2.45) is 5.92 Å². The van der Waals surface area contributed by atoms with E-state index in [9.17, 15) is 9.59 Å². The number of carboxylic acid groups (broad SMARTS) is 1. The first-order valence-electron chi connectivity index (χ1n) is 12.5. The fourth-order valence-corrected chi connectivity index (χ4v) is 4.85. The maximum Gasteiger partial charge on any atom is 0.305 e. The lowest BCUT2D eigenvalue weighted by molar-refractivity contribution is -0.136. The van der Waals surface area contributed by atoms with Gasteiger partial charge in [-0.25, -0.2) is 4.68 Å². The highest BCUT2D eigenvalue weighted by atomic mass is 16.5. The molecule has 8 heteroatoms. The summed E-state index contributed by atoms with van der Waals surface area (Å²) < 4.78 is 7.20. The molecule has 1 unspecified atom stereocenters. The number of hydrogen-bond donors (Lipinski definition) is 3. The number of hydrogen-bond acceptors (Lipinski definition) is 5. The minimum Gasteiger partial charge on any atom is -0.497 e. The number of amides is 1. The first kappa shape index (κ1) is 25.3. The summed E-state index contributed by atoms with van der Waals surface area (Å²) in [5, 5.41) is 19.9. The normalized spacial score (nSPS) is 14.7. The fraction of sp³-hybridized carbons (Fsp3) is 0.393. The van der Waals surface area contributed by atoms with Crippen molar-refractivity contribution in [2.45, 2.75) is 51.5 Å². The molecule has 1 saturated carbocycles. The van der Waals surface area contributed by atoms with E-state index in [0.29, 0.717) is 11.5 Å². The Balaban J connectivity index is 1.53. The molecule has 0 saturated heterocycles. The largest absolute Gasteiger partial charge is 0.497 e. The van der Waals surface area contributed by atoms with Crippen molar-refractivity contribution in [2.75, 3.05) is 19.0 Å². The number of benzene rings is 2. The van der Waals surface area contributed by atoms with Crippen LogP contribution in [0.25, 0.3) is 5.69 Å². The van der Waals surface area contributed by atoms with Crippen molar-refractivity contribution in [3.8, 4) is 11.4 Å². The molecule has 0 aliphatic heterocycles. The number of nitrogens with zero attached hydrogens (tertiary/aromatic N) is 2. The van der Waals surface area contributed by atoms with Gasteiger partial charge in [-0.1, -0.05) is 19.3 Å². The minimum atomic E-state index is -0.936. The first-order valence-corrected chi connectivity index (χ1v) is 12.5. The molecule has 1 fully saturated rings. The molecule has 1 heterocycles. The molecule has 1 aliphatic rings. The van der Waals surface area contributed by atoms with Gasteiger partial charge in [0.15, 0.2) is 0 Å². The maximum atomic E-state index is 12.3. The Hall–Kier alpha value is -3.81. The van der Waals surface area contributed by atoms with Gasteiger partial charge in [0.1, 0.15) is 5.75 Å². The predicted octanol–water partition coefficient (Wildman–Crippen LogP) is 5.13. The maximum absolute atomic E-state index is 12.3. The molecule has 3 N–H and O–H groups in total. The van der Waals surface area contributed by atoms with Gasteiger partial charge in [0.05, 0.1) is 31.0 Å². The van der Waals surface area contributed by atoms with E-state index in [1.165, 1.54) is 24.8 Å². The number of carbonyl (C=O) groups excluding carboxylic acids is 1. The molecule has 1 aliphatic carbocycles. The molecule has 190 valence electrons. The van der Waals surface area contributed by atoms with Gasteiger partial charge < -0.3 is 20.5 Å². The van der Waals surface area contributed by atoms with E-state index < -0.39 is 5.97 Å². The van der Waals surface area contributed by atoms with Crippen molar-refractivity contribution in [3.05, 3.63) is 71.5 Å². The Morgan fingerprint density at radius 1 is 1.08 bits per heavy atom. The van der Waals surface area contributed by atoms with Crippen molar-refractivity contribution >= 4 is 17.6 Å². The summed E-state index contributed by atoms with van der Waals surface area (Å²) in [4.78, 5) is 23.0. The number of aryl methyl sites for hydroxylation is 1. The summed E-state index contributed by atoms with van der Waals surface area (Å²) >= 11 is 0. The zero-order valence-corrected chi connectivity index (χ0v) is 20.9. The number of methoxy groups -OCH3 is 1. The van der Waals surface area contributed by atoms with E-state index in [1.54, 1.807) is 19.2 Å². The quantitative estimate of drug-likeness (QED) is 0.364. The predicted molar refractivity (Wildman–Crippen MR) is 139 cm³/mol. The average Bonchev–Trinajstić information content (AvgIpc) is 3.29. The van der Waals surface area contributed by atoms with Crippen LogP contribution in [0.1, 0.15) is 66.2 Å². The van der Waals surface area contributed by atoms with Gasteiger partial charge in [0, 0.05) is 29.6 Å². The highest BCUT2D eigenvalue weighted by Gasteiger charge is 2.28. The molecule has 36 heavy (non-hydrogen) atoms. The highest BCUT2D eigenvalue weighted by molar-refractivity contribution is 5.94. The number of ether oxygens (including phenoxy) is 1. The van der Waals surface area contributed by atoms with Gasteiger partial charge in [0.25, 0.3) is 5.91 Å². The highest BCUT2D eigenvalue weighted by Crippen LogP contribution is 2.38. The van der Waals surface area contributed by atoms with Gasteiger partial charge in [-0.15, -0.1) is 0 Å². The van der Waals surface area contributed by atoms with Crippen LogP contribution in [0.5, 0.6) is 5.75 Å². The lowest BCUT2D eigenvalue weighted by Crippen LogP contribution is -2.26. The molecule has 1 aromatic heterocycles. The van der Waals surface area contributed by atoms with Crippen LogP contribution in [-0.4, -0.2) is 40.4 Å². The second-order valence-corrected chi connectivity index (χ2v) is 9.31. The topological polar surface area (TPSA) is 105 Å². The lowest BCUT2D eigenvalue weighted by Gasteiger charge is -2.31. The average molecular weight is 491 g/mol. The Labute approximate surface area is 211 Å². The monoisotopic (exact) mass is 490 g/mol. The smallest absolute Gasteiger partial charge is 0.305 e. The Kier molecular flexibility index (Phi) is 8.25. The van der Waals surface area contributed by atoms with Gasteiger partial charge in [-0.05, 0) is 74.2 Å². The van der Waals surface area contributed by atoms with Crippen LogP contribution in [0.3, 0.4) is 0 Å². The standard InChI is InChI=1S/C28H34N4O4/c1-19-25(18-32(31-19)23-12-14-24(36-2)15-13-23)27(20-6-4-3-5-7-20)30-22-10-8-21(9-11-22)28(35)29-17-16-26(33)34/h8-15,18,20,27,30H,3-7,16-17H2,1-2H3,(H,29,35)(H,33,34). The summed E-state index contributed by atoms with van der Waals surface area (Å²) in [6.45, 7) is 2.16. The van der Waals surface area contributed by atoms with Gasteiger partial charge in [-0.2, -0.15) is 5.10 Å². The summed E-state index contributed by atoms with van der Waals surface area (Å²) in [6, 6.07) is 15.3. The number of carbonyl (C=O) groups is 2. The van der Waals surface area contributed by atoms with Crippen molar-refractivity contribution in [1.82, 2.24) is 15.1 Å². The Morgan fingerprint density at radius 3 is 2.42 bits per heavy atom. The SMILES string of the molecule is COc1ccc(-n2cc(C(Nc3ccc(C(=O)NCCC(=O)O)cc3)C3CCCCC3)c(C)n2)cc1. The molecule has 4 rings (SSSR count). The molecule has 2 aromatic carbocycles. The van der Waals surface area contributed by atoms with E-state index >= 15 is 0 Å². The first-order chi connectivity index (χ1) is 17.4. The van der Waals surface area contributed by atoms with E-state index in [2.05, 4.69) is 23.8 Å². The molecule has 3 aromatic rings. The lowest BCUT2D eigenvalue weighted by atomic mass is 9.81. The van der Waals surface area contributed by atoms with Crippen molar-refractivity contribution < 1.29 is 19.4 Å². The van der Waals surface area contributed by atoms with E-state index in [-0.39, 0.29) is 24.9 Å². The number of aromatic nitrogens is 2. The summed E-state index contributed by atoms with van der Waals surface area (Å²) in [7, 11) is 1.66. The molecular formula is C28H34N4O4. The van der Waals surface area contributed by atoms with Crippen LogP contribution in [0.2, 0.25) is 0 Å². The Morgan fingerprint density at radius 2 is 1.78 bits per heavy atom. The Bertz CT molecular complexity index is 1170. The van der Waals surface area contributed by atoms with Crippen LogP contribution in [0.15, 0.2) is 54.7 Å². The zero-order chi connectivity index (χ0) is 25.5. The van der Waals surface area contributed by atoms with Gasteiger partial charge in [-0.3, -0.25) is 9.59 Å². The molecule has 0 radical (unpaired) electrons. The summed E-state index contributed by atoms with van der Waals surface area (Å²) in [5.74, 6) is 0.0889. The van der Waals surface area contributed by atoms with E-state index in [4.69, 9.17) is 14.9 Å². The van der Waals surface area contributed by atoms with Crippen LogP contribution in [0, 0.1) is 12.8 Å². The number of rotatable bonds is 10. The molecular weight excluding hydrogens is 456 g/mol. The third-order valence-electron chi connectivity index (χ3n) is 6.82. The zero-order valence-electron chi connectivity index (χ0n) is 20.9. The molecule has 0 spiro atoms. The number of nitrogens with one attached hydrogen (secondary N) is 2. The van der Waals surface area contributed by atoms with Crippen LogP contribution in [0.4, 0.5) is 5.69 Å². The van der Waals surface area contributed by atoms with Gasteiger partial charge >= 0.3 is 5.97 Å². The van der Waals surface area contributed by atoms with Crippen LogP contribution < -0.4 is 15.4 Å². The van der Waals surface area contributed by atoms with Crippen molar-refractivity contribution in [1.29, 1.82) is 0 Å². The number of anilines is 1. The van der Waals surface area contributed by atoms with E-state index in [1.807, 2.05) is 41.1 Å². The van der Waals surface area contributed by atoms with Gasteiger partial charge in [0.2, 0.25) is 0 Å². The second kappa shape index (κ2) is 11.7. The third kappa shape index (κ3) is 6.24. The fourth-order valence-electron chi connectivity index (χ4n) is 4.85. The van der Waals surface area contributed by atoms with E-state index in [0.717, 1.165) is 35.7 Å². The third-order valence-corrected chi connectivity index (χ3v) is 6.82. The van der Waals surface area contributed by atoms with Crippen LogP contribution in [-0.2, 0) is 4.79 Å². The molecule has 1 amide bonds. The molecule has 1 atom stereocenters. The number of aliphatic carboxylic acids is 1. The van der Waals surface area contributed by atoms with Crippen LogP contribution >= 0.6 is 0 Å². The summed E-state index contributed by atoms with van der Waals surface area (Å²) in [6.07, 6.45) is 8.07. The summed E-state index contributed by atoms with van der Waals surface area (Å²) in [5.41, 5.74) is 4.58. The second-order valence-electron chi connectivity index (χ2n) is 9.31. The molecule has 8 nitrogen and oxygen atoms in total. The molecule has 0 bridgehead atoms.